The molecule has 0 radical (unpaired) electrons. The Hall–Kier alpha value is -4.75. The minimum absolute atomic E-state index is 0.214. The predicted octanol–water partition coefficient (Wildman–Crippen LogP) is 6.17. The maximum absolute atomic E-state index is 14.0. The maximum Gasteiger partial charge on any atom is 0.321 e. The highest BCUT2D eigenvalue weighted by Crippen LogP contribution is 2.29. The summed E-state index contributed by atoms with van der Waals surface area (Å²) in [6.07, 6.45) is -1.29. The van der Waals surface area contributed by atoms with Gasteiger partial charge in [-0.15, -0.1) is 0 Å². The molecule has 0 aliphatic carbocycles. The average molecular weight is 551 g/mol. The van der Waals surface area contributed by atoms with Gasteiger partial charge in [0.05, 0.1) is 17.9 Å². The van der Waals surface area contributed by atoms with E-state index in [1.807, 2.05) is 74.5 Å². The van der Waals surface area contributed by atoms with E-state index < -0.39 is 18.1 Å². The first-order valence-corrected chi connectivity index (χ1v) is 13.2. The Morgan fingerprint density at radius 3 is 2.33 bits per heavy atom. The molecule has 0 aromatic heterocycles. The highest BCUT2D eigenvalue weighted by molar-refractivity contribution is 6.30. The molecule has 3 amide bonds. The van der Waals surface area contributed by atoms with E-state index in [1.54, 1.807) is 36.4 Å². The zero-order valence-corrected chi connectivity index (χ0v) is 22.8. The second-order valence-corrected chi connectivity index (χ2v) is 9.92. The molecule has 0 saturated carbocycles. The van der Waals surface area contributed by atoms with Crippen LogP contribution >= 0.6 is 11.6 Å². The molecule has 4 aromatic carbocycles. The number of Topliss-reactive ketones (excluding diaryl/α,β-unsaturated/α-hetero) is 1. The standard InChI is InChI=1S/C32H27ClN4O3/c1-20-10-6-7-13-24(20)28(38)19-37-27-15-9-8-14-25(27)29(22-11-4-3-5-12-22)35-30(31(37)39)36-32(40)34-26-17-16-23(33)18-21(26)2/h3-18,30H,19H2,1-2H3,(H2,34,36,40)/t30-/m1/s1. The third-order valence-electron chi connectivity index (χ3n) is 6.71. The van der Waals surface area contributed by atoms with Crippen molar-refractivity contribution in [2.24, 2.45) is 4.99 Å². The summed E-state index contributed by atoms with van der Waals surface area (Å²) in [5.74, 6) is -0.743. The van der Waals surface area contributed by atoms with Crippen LogP contribution in [-0.4, -0.2) is 36.1 Å². The number of para-hydroxylation sites is 1. The van der Waals surface area contributed by atoms with Gasteiger partial charge in [-0.05, 0) is 49.2 Å². The number of hydrogen-bond donors (Lipinski definition) is 2. The number of carbonyl (C=O) groups excluding carboxylic acids is 3. The van der Waals surface area contributed by atoms with Crippen LogP contribution in [0.4, 0.5) is 16.2 Å². The number of nitrogens with zero attached hydrogens (tertiary/aromatic N) is 2. The number of rotatable bonds is 6. The van der Waals surface area contributed by atoms with Crippen LogP contribution in [-0.2, 0) is 4.79 Å². The fourth-order valence-corrected chi connectivity index (χ4v) is 4.90. The molecule has 0 spiro atoms. The van der Waals surface area contributed by atoms with Gasteiger partial charge < -0.3 is 15.5 Å². The van der Waals surface area contributed by atoms with E-state index in [1.165, 1.54) is 4.90 Å². The lowest BCUT2D eigenvalue weighted by atomic mass is 9.99. The first-order valence-electron chi connectivity index (χ1n) is 12.8. The molecule has 1 aliphatic rings. The summed E-state index contributed by atoms with van der Waals surface area (Å²) in [4.78, 5) is 46.8. The van der Waals surface area contributed by atoms with Crippen LogP contribution in [0.2, 0.25) is 5.02 Å². The van der Waals surface area contributed by atoms with Gasteiger partial charge >= 0.3 is 6.03 Å². The lowest BCUT2D eigenvalue weighted by Gasteiger charge is -2.25. The molecule has 1 atom stereocenters. The van der Waals surface area contributed by atoms with Crippen molar-refractivity contribution < 1.29 is 14.4 Å². The maximum atomic E-state index is 14.0. The molecule has 200 valence electrons. The van der Waals surface area contributed by atoms with Crippen molar-refractivity contribution in [1.82, 2.24) is 5.32 Å². The normalized spacial score (nSPS) is 14.6. The SMILES string of the molecule is Cc1cc(Cl)ccc1NC(=O)N[C@H]1N=C(c2ccccc2)c2ccccc2N(CC(=O)c2ccccc2C)C1=O. The van der Waals surface area contributed by atoms with Crippen molar-refractivity contribution in [2.75, 3.05) is 16.8 Å². The molecule has 0 unspecified atom stereocenters. The van der Waals surface area contributed by atoms with Gasteiger partial charge in [0.1, 0.15) is 0 Å². The first-order chi connectivity index (χ1) is 19.3. The number of benzodiazepines with no additional fused rings is 1. The number of halogens is 1. The smallest absolute Gasteiger partial charge is 0.308 e. The molecule has 0 saturated heterocycles. The third kappa shape index (κ3) is 5.65. The fourth-order valence-electron chi connectivity index (χ4n) is 4.68. The van der Waals surface area contributed by atoms with Gasteiger partial charge in [-0.3, -0.25) is 9.59 Å². The quantitative estimate of drug-likeness (QED) is 0.281. The highest BCUT2D eigenvalue weighted by atomic mass is 35.5. The van der Waals surface area contributed by atoms with E-state index in [4.69, 9.17) is 16.6 Å². The van der Waals surface area contributed by atoms with Gasteiger partial charge in [-0.25, -0.2) is 9.79 Å². The van der Waals surface area contributed by atoms with Crippen molar-refractivity contribution in [3.05, 3.63) is 130 Å². The Labute approximate surface area is 237 Å². The van der Waals surface area contributed by atoms with E-state index in [0.717, 1.165) is 16.7 Å². The van der Waals surface area contributed by atoms with E-state index in [0.29, 0.717) is 33.2 Å². The molecular formula is C32H27ClN4O3. The van der Waals surface area contributed by atoms with Crippen LogP contribution in [0.3, 0.4) is 0 Å². The number of fused-ring (bicyclic) bond motifs is 1. The molecule has 1 aliphatic heterocycles. The summed E-state index contributed by atoms with van der Waals surface area (Å²) < 4.78 is 0. The van der Waals surface area contributed by atoms with Crippen LogP contribution < -0.4 is 15.5 Å². The summed E-state index contributed by atoms with van der Waals surface area (Å²) >= 11 is 6.05. The monoisotopic (exact) mass is 550 g/mol. The van der Waals surface area contributed by atoms with Crippen molar-refractivity contribution in [2.45, 2.75) is 20.0 Å². The topological polar surface area (TPSA) is 90.9 Å². The zero-order valence-electron chi connectivity index (χ0n) is 22.0. The molecule has 40 heavy (non-hydrogen) atoms. The van der Waals surface area contributed by atoms with Crippen LogP contribution in [0.1, 0.15) is 32.6 Å². The van der Waals surface area contributed by atoms with Gasteiger partial charge in [-0.2, -0.15) is 0 Å². The molecule has 7 nitrogen and oxygen atoms in total. The molecular weight excluding hydrogens is 524 g/mol. The number of ketones is 1. The van der Waals surface area contributed by atoms with E-state index >= 15 is 0 Å². The average Bonchev–Trinajstić information content (AvgIpc) is 3.06. The van der Waals surface area contributed by atoms with Gasteiger partial charge in [0.2, 0.25) is 6.17 Å². The number of aliphatic imine (C=N–C) groups is 1. The molecule has 8 heteroatoms. The zero-order chi connectivity index (χ0) is 28.2. The minimum Gasteiger partial charge on any atom is -0.308 e. The third-order valence-corrected chi connectivity index (χ3v) is 6.94. The summed E-state index contributed by atoms with van der Waals surface area (Å²) in [7, 11) is 0. The summed E-state index contributed by atoms with van der Waals surface area (Å²) in [6, 6.07) is 28.5. The highest BCUT2D eigenvalue weighted by Gasteiger charge is 2.34. The van der Waals surface area contributed by atoms with E-state index in [2.05, 4.69) is 10.6 Å². The Bertz CT molecular complexity index is 1630. The largest absolute Gasteiger partial charge is 0.321 e. The summed E-state index contributed by atoms with van der Waals surface area (Å²) in [5, 5.41) is 6.04. The minimum atomic E-state index is -1.29. The molecule has 4 aromatic rings. The lowest BCUT2D eigenvalue weighted by Crippen LogP contribution is -2.50. The summed E-state index contributed by atoms with van der Waals surface area (Å²) in [5.41, 5.74) is 5.18. The molecule has 2 N–H and O–H groups in total. The molecule has 0 fully saturated rings. The van der Waals surface area contributed by atoms with Crippen LogP contribution in [0.15, 0.2) is 102 Å². The van der Waals surface area contributed by atoms with Crippen LogP contribution in [0.5, 0.6) is 0 Å². The van der Waals surface area contributed by atoms with Crippen molar-refractivity contribution in [3.8, 4) is 0 Å². The van der Waals surface area contributed by atoms with E-state index in [9.17, 15) is 14.4 Å². The van der Waals surface area contributed by atoms with Gasteiger partial charge in [-0.1, -0.05) is 84.4 Å². The van der Waals surface area contributed by atoms with Gasteiger partial charge in [0, 0.05) is 27.4 Å². The van der Waals surface area contributed by atoms with E-state index in [-0.39, 0.29) is 12.3 Å². The van der Waals surface area contributed by atoms with Crippen LogP contribution in [0, 0.1) is 13.8 Å². The van der Waals surface area contributed by atoms with Crippen molar-refractivity contribution in [3.63, 3.8) is 0 Å². The van der Waals surface area contributed by atoms with Crippen molar-refractivity contribution in [1.29, 1.82) is 0 Å². The van der Waals surface area contributed by atoms with Gasteiger partial charge in [0.15, 0.2) is 5.78 Å². The number of hydrogen-bond acceptors (Lipinski definition) is 4. The van der Waals surface area contributed by atoms with Crippen LogP contribution in [0.25, 0.3) is 0 Å². The Morgan fingerprint density at radius 1 is 0.875 bits per heavy atom. The molecule has 0 bridgehead atoms. The number of nitrogens with one attached hydrogen (secondary N) is 2. The fraction of sp³-hybridized carbons (Fsp3) is 0.125. The Kier molecular flexibility index (Phi) is 7.75. The first kappa shape index (κ1) is 26.8. The Morgan fingerprint density at radius 2 is 1.57 bits per heavy atom. The number of urea groups is 1. The van der Waals surface area contributed by atoms with Crippen molar-refractivity contribution >= 4 is 46.4 Å². The number of aryl methyl sites for hydroxylation is 2. The second kappa shape index (κ2) is 11.6. The number of anilines is 2. The lowest BCUT2D eigenvalue weighted by molar-refractivity contribution is -0.120. The summed E-state index contributed by atoms with van der Waals surface area (Å²) in [6.45, 7) is 3.46. The number of benzene rings is 4. The predicted molar refractivity (Wildman–Crippen MR) is 159 cm³/mol. The molecule has 1 heterocycles. The number of carbonyl (C=O) groups is 3. The second-order valence-electron chi connectivity index (χ2n) is 9.48. The van der Waals surface area contributed by atoms with Gasteiger partial charge in [0.25, 0.3) is 5.91 Å². The Balaban J connectivity index is 1.54. The molecule has 5 rings (SSSR count). The number of amides is 3.